The van der Waals surface area contributed by atoms with Gasteiger partial charge in [0.15, 0.2) is 0 Å². The number of benzene rings is 1. The van der Waals surface area contributed by atoms with Crippen molar-refractivity contribution in [3.8, 4) is 0 Å². The zero-order chi connectivity index (χ0) is 12.4. The second-order valence-corrected chi connectivity index (χ2v) is 4.30. The lowest BCUT2D eigenvalue weighted by atomic mass is 10.1. The zero-order valence-electron chi connectivity index (χ0n) is 10.7. The molecular weight excluding hydrogens is 347 g/mol. The van der Waals surface area contributed by atoms with E-state index in [1.54, 1.807) is 0 Å². The average molecular weight is 362 g/mol. The molecule has 0 saturated carbocycles. The highest BCUT2D eigenvalue weighted by Crippen LogP contribution is 2.30. The lowest BCUT2D eigenvalue weighted by Gasteiger charge is -2.17. The summed E-state index contributed by atoms with van der Waals surface area (Å²) in [6.07, 6.45) is 14.4. The number of allylic oxidation sites excluding steroid dienone is 6. The summed E-state index contributed by atoms with van der Waals surface area (Å²) in [6.45, 7) is 0. The van der Waals surface area contributed by atoms with Gasteiger partial charge in [0, 0.05) is 36.3 Å². The molecule has 96 valence electrons. The molecule has 0 bridgehead atoms. The molecule has 19 heavy (non-hydrogen) atoms. The number of para-hydroxylation sites is 1. The predicted octanol–water partition coefficient (Wildman–Crippen LogP) is 4.30. The monoisotopic (exact) mass is 362 g/mol. The minimum absolute atomic E-state index is 0. The van der Waals surface area contributed by atoms with Crippen LogP contribution in [0, 0.1) is 0 Å². The van der Waals surface area contributed by atoms with Crippen LogP contribution in [0.25, 0.3) is 5.57 Å². The van der Waals surface area contributed by atoms with Crippen LogP contribution >= 0.6 is 24.0 Å². The Morgan fingerprint density at radius 2 is 1.95 bits per heavy atom. The molecule has 2 heterocycles. The molecule has 3 rings (SSSR count). The summed E-state index contributed by atoms with van der Waals surface area (Å²) in [6, 6.07) is 8.20. The van der Waals surface area contributed by atoms with Gasteiger partial charge in [-0.2, -0.15) is 0 Å². The van der Waals surface area contributed by atoms with Crippen LogP contribution in [0.1, 0.15) is 5.56 Å². The van der Waals surface area contributed by atoms with E-state index in [1.807, 2.05) is 49.8 Å². The van der Waals surface area contributed by atoms with Gasteiger partial charge >= 0.3 is 0 Å². The zero-order valence-corrected chi connectivity index (χ0v) is 13.0. The van der Waals surface area contributed by atoms with Crippen LogP contribution in [0.15, 0.2) is 71.5 Å². The smallest absolute Gasteiger partial charge is 0.0708 e. The van der Waals surface area contributed by atoms with E-state index in [9.17, 15) is 0 Å². The van der Waals surface area contributed by atoms with Crippen molar-refractivity contribution < 1.29 is 0 Å². The largest absolute Gasteiger partial charge is 0.351 e. The van der Waals surface area contributed by atoms with E-state index in [0.29, 0.717) is 0 Å². The Morgan fingerprint density at radius 1 is 1.11 bits per heavy atom. The van der Waals surface area contributed by atoms with Crippen LogP contribution in [0.5, 0.6) is 0 Å². The van der Waals surface area contributed by atoms with Gasteiger partial charge in [-0.3, -0.25) is 4.99 Å². The number of nitrogens with zero attached hydrogens (tertiary/aromatic N) is 2. The van der Waals surface area contributed by atoms with E-state index in [0.717, 1.165) is 11.3 Å². The average Bonchev–Trinajstić information content (AvgIpc) is 2.81. The lowest BCUT2D eigenvalue weighted by Crippen LogP contribution is -2.09. The third kappa shape index (κ3) is 2.87. The number of hydrogen-bond acceptors (Lipinski definition) is 2. The fourth-order valence-corrected chi connectivity index (χ4v) is 2.06. The quantitative estimate of drug-likeness (QED) is 0.680. The molecule has 1 aromatic rings. The van der Waals surface area contributed by atoms with E-state index >= 15 is 0 Å². The first kappa shape index (κ1) is 13.8. The SMILES string of the molecule is CN1C=CC=C/C1=C\C=C1\C=Nc2ccccc21.I. The summed E-state index contributed by atoms with van der Waals surface area (Å²) in [5, 5.41) is 0. The van der Waals surface area contributed by atoms with Gasteiger partial charge < -0.3 is 4.90 Å². The van der Waals surface area contributed by atoms with Crippen molar-refractivity contribution in [3.63, 3.8) is 0 Å². The minimum atomic E-state index is 0. The fraction of sp³-hybridized carbons (Fsp3) is 0.0625. The maximum absolute atomic E-state index is 4.40. The first-order valence-corrected chi connectivity index (χ1v) is 5.98. The fourth-order valence-electron chi connectivity index (χ4n) is 2.06. The Labute approximate surface area is 130 Å². The van der Waals surface area contributed by atoms with Crippen LogP contribution < -0.4 is 0 Å². The summed E-state index contributed by atoms with van der Waals surface area (Å²) >= 11 is 0. The number of aliphatic imine (C=N–C) groups is 1. The van der Waals surface area contributed by atoms with Crippen molar-refractivity contribution in [2.75, 3.05) is 7.05 Å². The molecule has 2 aliphatic rings. The number of rotatable bonds is 1. The van der Waals surface area contributed by atoms with Gasteiger partial charge in [0.1, 0.15) is 0 Å². The van der Waals surface area contributed by atoms with Crippen molar-refractivity contribution >= 4 is 41.5 Å². The number of fused-ring (bicyclic) bond motifs is 1. The molecule has 1 aromatic carbocycles. The highest BCUT2D eigenvalue weighted by Gasteiger charge is 2.09. The van der Waals surface area contributed by atoms with E-state index in [1.165, 1.54) is 11.3 Å². The molecule has 0 spiro atoms. The Hall–Kier alpha value is -1.62. The van der Waals surface area contributed by atoms with Crippen molar-refractivity contribution in [2.24, 2.45) is 4.99 Å². The van der Waals surface area contributed by atoms with E-state index in [-0.39, 0.29) is 24.0 Å². The molecule has 0 unspecified atom stereocenters. The van der Waals surface area contributed by atoms with Gasteiger partial charge in [-0.1, -0.05) is 30.4 Å². The summed E-state index contributed by atoms with van der Waals surface area (Å²) in [5.74, 6) is 0. The highest BCUT2D eigenvalue weighted by atomic mass is 127. The van der Waals surface area contributed by atoms with Crippen LogP contribution in [0.2, 0.25) is 0 Å². The van der Waals surface area contributed by atoms with Crippen LogP contribution in [0.3, 0.4) is 0 Å². The van der Waals surface area contributed by atoms with Crippen molar-refractivity contribution in [3.05, 3.63) is 72.1 Å². The van der Waals surface area contributed by atoms with Gasteiger partial charge in [-0.25, -0.2) is 0 Å². The Kier molecular flexibility index (Phi) is 4.37. The molecule has 0 atom stereocenters. The molecule has 0 radical (unpaired) electrons. The summed E-state index contributed by atoms with van der Waals surface area (Å²) in [7, 11) is 2.04. The van der Waals surface area contributed by atoms with Gasteiger partial charge in [-0.15, -0.1) is 24.0 Å². The number of halogens is 1. The van der Waals surface area contributed by atoms with Gasteiger partial charge in [0.2, 0.25) is 0 Å². The molecule has 3 heteroatoms. The second kappa shape index (κ2) is 6.02. The normalized spacial score (nSPS) is 19.9. The lowest BCUT2D eigenvalue weighted by molar-refractivity contribution is 0.584. The van der Waals surface area contributed by atoms with Crippen molar-refractivity contribution in [1.82, 2.24) is 4.90 Å². The standard InChI is InChI=1S/C16H14N2.HI/c1-18-11-5-4-6-14(18)10-9-13-12-17-16-8-3-2-7-15(13)16;/h2-12H,1H3;1H/b13-9-,14-10+;. The van der Waals surface area contributed by atoms with Crippen molar-refractivity contribution in [2.45, 2.75) is 0 Å². The van der Waals surface area contributed by atoms with E-state index in [2.05, 4.69) is 34.2 Å². The van der Waals surface area contributed by atoms with Crippen LogP contribution in [-0.4, -0.2) is 18.2 Å². The molecule has 2 aliphatic heterocycles. The summed E-state index contributed by atoms with van der Waals surface area (Å²) in [4.78, 5) is 6.49. The summed E-state index contributed by atoms with van der Waals surface area (Å²) in [5.41, 5.74) is 4.58. The Morgan fingerprint density at radius 3 is 2.79 bits per heavy atom. The molecule has 0 aliphatic carbocycles. The topological polar surface area (TPSA) is 15.6 Å². The molecule has 0 aromatic heterocycles. The Bertz CT molecular complexity index is 621. The molecule has 2 nitrogen and oxygen atoms in total. The Balaban J connectivity index is 0.00000133. The predicted molar refractivity (Wildman–Crippen MR) is 92.1 cm³/mol. The van der Waals surface area contributed by atoms with E-state index in [4.69, 9.17) is 0 Å². The third-order valence-electron chi connectivity index (χ3n) is 3.09. The summed E-state index contributed by atoms with van der Waals surface area (Å²) < 4.78 is 0. The number of likely N-dealkylation sites (N-methyl/N-ethyl adjacent to an activating group) is 1. The minimum Gasteiger partial charge on any atom is -0.351 e. The van der Waals surface area contributed by atoms with Crippen LogP contribution in [0.4, 0.5) is 5.69 Å². The maximum atomic E-state index is 4.40. The van der Waals surface area contributed by atoms with E-state index < -0.39 is 0 Å². The second-order valence-electron chi connectivity index (χ2n) is 4.30. The first-order valence-electron chi connectivity index (χ1n) is 5.98. The molecular formula is C16H15IN2. The van der Waals surface area contributed by atoms with Gasteiger partial charge in [-0.05, 0) is 24.3 Å². The molecule has 0 amide bonds. The van der Waals surface area contributed by atoms with Gasteiger partial charge in [0.05, 0.1) is 5.69 Å². The van der Waals surface area contributed by atoms with Crippen LogP contribution in [-0.2, 0) is 0 Å². The molecule has 0 N–H and O–H groups in total. The van der Waals surface area contributed by atoms with Gasteiger partial charge in [0.25, 0.3) is 0 Å². The van der Waals surface area contributed by atoms with Crippen molar-refractivity contribution in [1.29, 1.82) is 0 Å². The molecule has 0 saturated heterocycles. The first-order chi connectivity index (χ1) is 8.84. The number of hydrogen-bond donors (Lipinski definition) is 0. The third-order valence-corrected chi connectivity index (χ3v) is 3.09. The highest BCUT2D eigenvalue weighted by molar-refractivity contribution is 14.0. The maximum Gasteiger partial charge on any atom is 0.0708 e. The molecule has 0 fully saturated rings.